The number of rotatable bonds is 10. The number of nitrogens with zero attached hydrogens (tertiary/aromatic N) is 2. The molecule has 2 bridgehead atoms. The molecule has 0 aromatic carbocycles. The van der Waals surface area contributed by atoms with Gasteiger partial charge in [-0.25, -0.2) is 0 Å². The van der Waals surface area contributed by atoms with Gasteiger partial charge in [0, 0.05) is 12.8 Å². The number of aliphatic hydroxyl groups is 2. The van der Waals surface area contributed by atoms with Crippen LogP contribution in [0.1, 0.15) is 67.2 Å². The molecule has 7 aliphatic heterocycles. The van der Waals surface area contributed by atoms with Crippen LogP contribution >= 0.6 is 31.4 Å². The molecule has 0 radical (unpaired) electrons. The zero-order chi connectivity index (χ0) is 35.4. The van der Waals surface area contributed by atoms with E-state index in [4.69, 9.17) is 18.9 Å². The van der Waals surface area contributed by atoms with Crippen molar-refractivity contribution < 1.29 is 48.3 Å². The Bertz CT molecular complexity index is 1390. The highest BCUT2D eigenvalue weighted by atomic mass is 33.5. The van der Waals surface area contributed by atoms with Crippen LogP contribution < -0.4 is 0 Å². The van der Waals surface area contributed by atoms with Crippen molar-refractivity contribution in [3.63, 3.8) is 0 Å². The summed E-state index contributed by atoms with van der Waals surface area (Å²) in [5.74, 6) is -3.81. The maximum absolute atomic E-state index is 15.0. The Balaban J connectivity index is 1.33. The molecule has 2 N–H and O–H groups in total. The van der Waals surface area contributed by atoms with Gasteiger partial charge in [-0.15, -0.1) is 0 Å². The summed E-state index contributed by atoms with van der Waals surface area (Å²) in [6.07, 6.45) is 6.75. The first kappa shape index (κ1) is 36.2. The number of fused-ring (bicyclic) bond motifs is 4. The first-order chi connectivity index (χ1) is 23.3. The van der Waals surface area contributed by atoms with Gasteiger partial charge in [-0.2, -0.15) is 0 Å². The molecule has 2 amide bonds. The average Bonchev–Trinajstić information content (AvgIpc) is 3.33. The largest absolute Gasteiger partial charge is 0.473 e. The Labute approximate surface area is 297 Å². The minimum atomic E-state index is -1.41. The molecule has 2 spiro atoms. The summed E-state index contributed by atoms with van der Waals surface area (Å²) in [5, 5.41) is 21.5. The molecule has 12 unspecified atom stereocenters. The molecule has 7 heterocycles. The third-order valence-corrected chi connectivity index (χ3v) is 15.9. The normalized spacial score (nSPS) is 34.9. The topological polar surface area (TPSA) is 152 Å². The Kier molecular flexibility index (Phi) is 10.2. The van der Waals surface area contributed by atoms with Crippen LogP contribution in [-0.4, -0.2) is 90.0 Å². The second kappa shape index (κ2) is 13.9. The summed E-state index contributed by atoms with van der Waals surface area (Å²) in [6.45, 7) is 10.8. The summed E-state index contributed by atoms with van der Waals surface area (Å²) < 4.78 is 23.3. The van der Waals surface area contributed by atoms with E-state index in [1.807, 2.05) is 27.7 Å². The first-order valence-electron chi connectivity index (χ1n) is 16.8. The number of carbonyl (C=O) groups is 4. The van der Waals surface area contributed by atoms with Gasteiger partial charge in [0.1, 0.15) is 12.2 Å². The lowest BCUT2D eigenvalue weighted by molar-refractivity contribution is -0.174. The van der Waals surface area contributed by atoms with Crippen molar-refractivity contribution in [3.8, 4) is 0 Å². The molecular formula is C34H44N2O10S3. The monoisotopic (exact) mass is 736 g/mol. The van der Waals surface area contributed by atoms with Gasteiger partial charge < -0.3 is 39.0 Å². The molecule has 5 saturated heterocycles. The van der Waals surface area contributed by atoms with Crippen molar-refractivity contribution in [2.45, 2.75) is 113 Å². The highest BCUT2D eigenvalue weighted by Crippen LogP contribution is 2.69. The highest BCUT2D eigenvalue weighted by molar-refractivity contribution is 9.10. The Morgan fingerprint density at radius 2 is 1.18 bits per heavy atom. The maximum Gasteiger partial charge on any atom is 0.311 e. The van der Waals surface area contributed by atoms with Gasteiger partial charge in [0.25, 0.3) is 11.8 Å². The fourth-order valence-electron chi connectivity index (χ4n) is 7.45. The predicted molar refractivity (Wildman–Crippen MR) is 184 cm³/mol. The first-order valence-corrected chi connectivity index (χ1v) is 20.3. The van der Waals surface area contributed by atoms with E-state index in [9.17, 15) is 19.8 Å². The lowest BCUT2D eigenvalue weighted by atomic mass is 9.91. The summed E-state index contributed by atoms with van der Waals surface area (Å²) in [5.41, 5.74) is 1.23. The van der Waals surface area contributed by atoms with Gasteiger partial charge in [0.15, 0.2) is 9.74 Å². The zero-order valence-corrected chi connectivity index (χ0v) is 30.8. The number of aliphatic hydroxyl groups excluding tert-OH is 2. The van der Waals surface area contributed by atoms with Crippen LogP contribution in [0.4, 0.5) is 0 Å². The van der Waals surface area contributed by atoms with Crippen molar-refractivity contribution in [2.24, 2.45) is 23.7 Å². The summed E-state index contributed by atoms with van der Waals surface area (Å²) >= 11 is 0. The van der Waals surface area contributed by atoms with Crippen molar-refractivity contribution >= 4 is 55.2 Å². The summed E-state index contributed by atoms with van der Waals surface area (Å²) in [4.78, 5) is 57.2. The van der Waals surface area contributed by atoms with E-state index in [2.05, 4.69) is 0 Å². The number of carbonyl (C=O) groups excluding carboxylic acids is 4. The standard InChI is InChI=1S/C34H44N2O10S3/c1-7-17(3)27(37)19(5)29(39)45-23-9-11-43-15-21-13-33-32(42)36-26-22(14-34(36,48-49-47-33)31(41)35(33)25(21)23)16-44-12-10-24(26)46-30(40)20(6)28(38)18(4)8-2/h9-12,15-20,23-28,37-38H,7-8,13-14H2,1-6H3. The highest BCUT2D eigenvalue weighted by Gasteiger charge is 2.76. The Morgan fingerprint density at radius 3 is 1.55 bits per heavy atom. The molecule has 12 atom stereocenters. The Hall–Kier alpha value is -2.59. The van der Waals surface area contributed by atoms with E-state index in [1.165, 1.54) is 56.5 Å². The number of ether oxygens (including phenoxy) is 4. The molecule has 5 fully saturated rings. The molecule has 0 aromatic heterocycles. The van der Waals surface area contributed by atoms with Gasteiger partial charge in [-0.1, -0.05) is 40.5 Å². The fourth-order valence-corrected chi connectivity index (χ4v) is 13.4. The second-order valence-corrected chi connectivity index (χ2v) is 18.3. The van der Waals surface area contributed by atoms with E-state index in [1.54, 1.807) is 35.8 Å². The van der Waals surface area contributed by atoms with Gasteiger partial charge in [0.2, 0.25) is 0 Å². The molecule has 7 aliphatic rings. The van der Waals surface area contributed by atoms with Gasteiger partial charge in [-0.3, -0.25) is 19.2 Å². The maximum atomic E-state index is 15.0. The van der Waals surface area contributed by atoms with Crippen LogP contribution in [0.25, 0.3) is 0 Å². The molecule has 49 heavy (non-hydrogen) atoms. The lowest BCUT2D eigenvalue weighted by Gasteiger charge is -2.51. The summed E-state index contributed by atoms with van der Waals surface area (Å²) in [7, 11) is 3.90. The summed E-state index contributed by atoms with van der Waals surface area (Å²) in [6, 6.07) is -1.66. The minimum absolute atomic E-state index is 0.120. The van der Waals surface area contributed by atoms with Crippen molar-refractivity contribution in [1.82, 2.24) is 9.80 Å². The van der Waals surface area contributed by atoms with E-state index < -0.39 is 70.0 Å². The third-order valence-electron chi connectivity index (χ3n) is 10.9. The molecule has 268 valence electrons. The smallest absolute Gasteiger partial charge is 0.311 e. The zero-order valence-electron chi connectivity index (χ0n) is 28.3. The van der Waals surface area contributed by atoms with E-state index >= 15 is 9.59 Å². The van der Waals surface area contributed by atoms with Crippen LogP contribution in [0.2, 0.25) is 0 Å². The van der Waals surface area contributed by atoms with Gasteiger partial charge in [0.05, 0.1) is 61.2 Å². The molecular weight excluding hydrogens is 693 g/mol. The number of piperazine rings is 1. The molecule has 0 aliphatic carbocycles. The Morgan fingerprint density at radius 1 is 0.796 bits per heavy atom. The van der Waals surface area contributed by atoms with Crippen LogP contribution in [0, 0.1) is 23.7 Å². The molecule has 0 saturated carbocycles. The fraction of sp³-hybridized carbons (Fsp3) is 0.647. The van der Waals surface area contributed by atoms with Crippen LogP contribution in [0.3, 0.4) is 0 Å². The van der Waals surface area contributed by atoms with Gasteiger partial charge in [-0.05, 0) is 80.4 Å². The van der Waals surface area contributed by atoms with Crippen LogP contribution in [-0.2, 0) is 38.1 Å². The average molecular weight is 737 g/mol. The third kappa shape index (κ3) is 5.81. The van der Waals surface area contributed by atoms with Crippen molar-refractivity contribution in [3.05, 3.63) is 48.3 Å². The second-order valence-electron chi connectivity index (χ2n) is 13.8. The molecule has 0 aromatic rings. The van der Waals surface area contributed by atoms with E-state index in [0.717, 1.165) is 0 Å². The number of esters is 2. The van der Waals surface area contributed by atoms with Gasteiger partial charge >= 0.3 is 11.9 Å². The number of amides is 2. The van der Waals surface area contributed by atoms with Crippen molar-refractivity contribution in [2.75, 3.05) is 0 Å². The van der Waals surface area contributed by atoms with Crippen LogP contribution in [0.15, 0.2) is 48.3 Å². The van der Waals surface area contributed by atoms with E-state index in [-0.39, 0.29) is 36.5 Å². The minimum Gasteiger partial charge on any atom is -0.473 e. The van der Waals surface area contributed by atoms with Crippen LogP contribution in [0.5, 0.6) is 0 Å². The van der Waals surface area contributed by atoms with E-state index in [0.29, 0.717) is 24.0 Å². The quantitative estimate of drug-likeness (QED) is 0.241. The number of hydrogen-bond acceptors (Lipinski definition) is 13. The van der Waals surface area contributed by atoms with Crippen molar-refractivity contribution in [1.29, 1.82) is 0 Å². The number of hydrogen-bond donors (Lipinski definition) is 2. The molecule has 7 rings (SSSR count). The predicted octanol–water partition coefficient (Wildman–Crippen LogP) is 4.40. The molecule has 15 heteroatoms. The lowest BCUT2D eigenvalue weighted by Crippen LogP contribution is -2.73. The molecule has 12 nitrogen and oxygen atoms in total. The SMILES string of the molecule is CCC(C)C(O)C(C)C(=O)OC1C=COC=C2CC34SSSC5(CC6=COC=CC(OC(=O)C(C)C(O)C(C)CC)C6N5C3=O)C(=O)N4C21.